The topological polar surface area (TPSA) is 87.5 Å². The third-order valence-corrected chi connectivity index (χ3v) is 4.46. The highest BCUT2D eigenvalue weighted by molar-refractivity contribution is 5.89. The van der Waals surface area contributed by atoms with E-state index in [0.29, 0.717) is 25.3 Å². The summed E-state index contributed by atoms with van der Waals surface area (Å²) in [7, 11) is 5.49. The highest BCUT2D eigenvalue weighted by Crippen LogP contribution is 2.25. The monoisotopic (exact) mass is 307 g/mol. The zero-order valence-corrected chi connectivity index (χ0v) is 13.1. The van der Waals surface area contributed by atoms with Crippen molar-refractivity contribution in [1.29, 1.82) is 0 Å². The van der Waals surface area contributed by atoms with Gasteiger partial charge in [-0.1, -0.05) is 0 Å². The zero-order valence-electron chi connectivity index (χ0n) is 13.1. The molecule has 0 saturated carbocycles. The molecule has 2 aliphatic heterocycles. The summed E-state index contributed by atoms with van der Waals surface area (Å²) in [4.78, 5) is 30.3. The molecule has 0 aromatic carbocycles. The quantitative estimate of drug-likeness (QED) is 0.661. The Labute approximate surface area is 128 Å². The SMILES string of the molecule is CN1CC(N2CC(C(=O)N(C)Cc3nnnn3C)CC2=O)C1. The van der Waals surface area contributed by atoms with Gasteiger partial charge in [-0.15, -0.1) is 5.10 Å². The Morgan fingerprint density at radius 2 is 2.05 bits per heavy atom. The number of likely N-dealkylation sites (N-methyl/N-ethyl adjacent to an activating group) is 1. The van der Waals surface area contributed by atoms with E-state index < -0.39 is 0 Å². The number of rotatable bonds is 4. The maximum atomic E-state index is 12.5. The lowest BCUT2D eigenvalue weighted by molar-refractivity contribution is -0.135. The van der Waals surface area contributed by atoms with Crippen molar-refractivity contribution < 1.29 is 9.59 Å². The number of amides is 2. The molecule has 0 radical (unpaired) electrons. The molecule has 1 aromatic rings. The van der Waals surface area contributed by atoms with Crippen molar-refractivity contribution in [3.05, 3.63) is 5.82 Å². The molecule has 120 valence electrons. The second kappa shape index (κ2) is 5.64. The second-order valence-electron chi connectivity index (χ2n) is 6.24. The molecule has 9 nitrogen and oxygen atoms in total. The van der Waals surface area contributed by atoms with Gasteiger partial charge in [0.2, 0.25) is 11.8 Å². The van der Waals surface area contributed by atoms with Gasteiger partial charge in [0.1, 0.15) is 0 Å². The first-order chi connectivity index (χ1) is 10.5. The Balaban J connectivity index is 1.58. The van der Waals surface area contributed by atoms with Crippen LogP contribution in [0.15, 0.2) is 0 Å². The molecule has 2 amide bonds. The maximum Gasteiger partial charge on any atom is 0.228 e. The van der Waals surface area contributed by atoms with Gasteiger partial charge in [-0.25, -0.2) is 4.68 Å². The number of nitrogens with zero attached hydrogens (tertiary/aromatic N) is 7. The van der Waals surface area contributed by atoms with Crippen LogP contribution in [-0.2, 0) is 23.2 Å². The Kier molecular flexibility index (Phi) is 3.81. The minimum atomic E-state index is -0.260. The number of tetrazole rings is 1. The van der Waals surface area contributed by atoms with Gasteiger partial charge in [0.05, 0.1) is 18.5 Å². The molecule has 0 aliphatic carbocycles. The molecule has 0 spiro atoms. The molecule has 1 atom stereocenters. The van der Waals surface area contributed by atoms with Crippen LogP contribution in [0, 0.1) is 5.92 Å². The van der Waals surface area contributed by atoms with Crippen LogP contribution in [0.4, 0.5) is 0 Å². The van der Waals surface area contributed by atoms with Crippen molar-refractivity contribution in [3.63, 3.8) is 0 Å². The number of aryl methyl sites for hydroxylation is 1. The molecule has 2 fully saturated rings. The summed E-state index contributed by atoms with van der Waals surface area (Å²) in [5.41, 5.74) is 0. The van der Waals surface area contributed by atoms with Gasteiger partial charge in [0.15, 0.2) is 5.82 Å². The van der Waals surface area contributed by atoms with E-state index in [0.717, 1.165) is 13.1 Å². The summed E-state index contributed by atoms with van der Waals surface area (Å²) in [6.45, 7) is 2.66. The summed E-state index contributed by atoms with van der Waals surface area (Å²) in [5.74, 6) is 0.430. The first kappa shape index (κ1) is 14.9. The molecule has 22 heavy (non-hydrogen) atoms. The number of hydrogen-bond acceptors (Lipinski definition) is 6. The zero-order chi connectivity index (χ0) is 15.9. The second-order valence-corrected chi connectivity index (χ2v) is 6.24. The number of likely N-dealkylation sites (tertiary alicyclic amines) is 2. The maximum absolute atomic E-state index is 12.5. The van der Waals surface area contributed by atoms with Gasteiger partial charge in [-0.3, -0.25) is 9.59 Å². The molecular weight excluding hydrogens is 286 g/mol. The van der Waals surface area contributed by atoms with E-state index in [-0.39, 0.29) is 23.8 Å². The van der Waals surface area contributed by atoms with Crippen molar-refractivity contribution in [1.82, 2.24) is 34.9 Å². The van der Waals surface area contributed by atoms with Crippen LogP contribution >= 0.6 is 0 Å². The molecule has 2 aliphatic rings. The van der Waals surface area contributed by atoms with Gasteiger partial charge >= 0.3 is 0 Å². The van der Waals surface area contributed by atoms with Crippen LogP contribution in [-0.4, -0.2) is 86.5 Å². The number of hydrogen-bond donors (Lipinski definition) is 0. The Morgan fingerprint density at radius 3 is 2.64 bits per heavy atom. The number of carbonyl (C=O) groups is 2. The fourth-order valence-electron chi connectivity index (χ4n) is 3.10. The lowest BCUT2D eigenvalue weighted by atomic mass is 10.1. The normalized spacial score (nSPS) is 23.0. The summed E-state index contributed by atoms with van der Waals surface area (Å²) in [6.07, 6.45) is 0.306. The van der Waals surface area contributed by atoms with Crippen molar-refractivity contribution in [2.75, 3.05) is 33.7 Å². The van der Waals surface area contributed by atoms with Gasteiger partial charge in [-0.2, -0.15) is 0 Å². The molecule has 0 bridgehead atoms. The summed E-state index contributed by atoms with van der Waals surface area (Å²) >= 11 is 0. The largest absolute Gasteiger partial charge is 0.338 e. The van der Waals surface area contributed by atoms with E-state index in [1.165, 1.54) is 0 Å². The number of aromatic nitrogens is 4. The molecular formula is C13H21N7O2. The van der Waals surface area contributed by atoms with Crippen molar-refractivity contribution in [3.8, 4) is 0 Å². The molecule has 9 heteroatoms. The van der Waals surface area contributed by atoms with E-state index in [9.17, 15) is 9.59 Å². The van der Waals surface area contributed by atoms with Crippen molar-refractivity contribution in [2.24, 2.45) is 13.0 Å². The number of carbonyl (C=O) groups excluding carboxylic acids is 2. The highest BCUT2D eigenvalue weighted by Gasteiger charge is 2.42. The van der Waals surface area contributed by atoms with E-state index >= 15 is 0 Å². The Bertz CT molecular complexity index is 581. The Hall–Kier alpha value is -2.03. The van der Waals surface area contributed by atoms with E-state index in [1.807, 2.05) is 11.9 Å². The lowest BCUT2D eigenvalue weighted by Gasteiger charge is -2.42. The van der Waals surface area contributed by atoms with Crippen LogP contribution < -0.4 is 0 Å². The van der Waals surface area contributed by atoms with E-state index in [4.69, 9.17) is 0 Å². The lowest BCUT2D eigenvalue weighted by Crippen LogP contribution is -2.58. The van der Waals surface area contributed by atoms with Crippen LogP contribution in [0.5, 0.6) is 0 Å². The van der Waals surface area contributed by atoms with Crippen LogP contribution in [0.3, 0.4) is 0 Å². The average molecular weight is 307 g/mol. The smallest absolute Gasteiger partial charge is 0.228 e. The van der Waals surface area contributed by atoms with Gasteiger partial charge in [0, 0.05) is 40.2 Å². The molecule has 1 aromatic heterocycles. The molecule has 3 heterocycles. The van der Waals surface area contributed by atoms with Crippen molar-refractivity contribution >= 4 is 11.8 Å². The third kappa shape index (κ3) is 2.68. The minimum Gasteiger partial charge on any atom is -0.338 e. The predicted octanol–water partition coefficient (Wildman–Crippen LogP) is -1.67. The van der Waals surface area contributed by atoms with Crippen LogP contribution in [0.2, 0.25) is 0 Å². The van der Waals surface area contributed by atoms with E-state index in [1.54, 1.807) is 23.7 Å². The fourth-order valence-corrected chi connectivity index (χ4v) is 3.10. The molecule has 0 N–H and O–H groups in total. The first-order valence-corrected chi connectivity index (χ1v) is 7.40. The summed E-state index contributed by atoms with van der Waals surface area (Å²) in [5, 5.41) is 11.2. The summed E-state index contributed by atoms with van der Waals surface area (Å²) in [6, 6.07) is 0.267. The average Bonchev–Trinajstić information content (AvgIpc) is 3.01. The summed E-state index contributed by atoms with van der Waals surface area (Å²) < 4.78 is 1.54. The van der Waals surface area contributed by atoms with Gasteiger partial charge < -0.3 is 14.7 Å². The first-order valence-electron chi connectivity index (χ1n) is 7.40. The van der Waals surface area contributed by atoms with Gasteiger partial charge in [-0.05, 0) is 17.5 Å². The fraction of sp³-hybridized carbons (Fsp3) is 0.769. The molecule has 2 saturated heterocycles. The third-order valence-electron chi connectivity index (χ3n) is 4.46. The van der Waals surface area contributed by atoms with Crippen LogP contribution in [0.25, 0.3) is 0 Å². The molecule has 3 rings (SSSR count). The van der Waals surface area contributed by atoms with E-state index in [2.05, 4.69) is 20.4 Å². The predicted molar refractivity (Wildman–Crippen MR) is 76.4 cm³/mol. The van der Waals surface area contributed by atoms with Gasteiger partial charge in [0.25, 0.3) is 0 Å². The van der Waals surface area contributed by atoms with Crippen LogP contribution in [0.1, 0.15) is 12.2 Å². The Morgan fingerprint density at radius 1 is 1.32 bits per heavy atom. The standard InChI is InChI=1S/C13H21N7O2/c1-17-6-10(7-17)20-5-9(4-12(20)21)13(22)18(2)8-11-14-15-16-19(11)3/h9-10H,4-8H2,1-3H3. The highest BCUT2D eigenvalue weighted by atomic mass is 16.2. The van der Waals surface area contributed by atoms with Crippen molar-refractivity contribution in [2.45, 2.75) is 19.0 Å². The molecule has 1 unspecified atom stereocenters. The minimum absolute atomic E-state index is 0.0217.